The summed E-state index contributed by atoms with van der Waals surface area (Å²) in [5.41, 5.74) is 2.40. The monoisotopic (exact) mass is 375 g/mol. The van der Waals surface area contributed by atoms with Gasteiger partial charge in [0, 0.05) is 23.7 Å². The summed E-state index contributed by atoms with van der Waals surface area (Å²) < 4.78 is 43.5. The molecule has 1 aliphatic rings. The first kappa shape index (κ1) is 19.5. The molecule has 0 aliphatic heterocycles. The van der Waals surface area contributed by atoms with Gasteiger partial charge in [-0.3, -0.25) is 14.9 Å². The molecule has 0 aromatic heterocycles. The molecule has 0 atom stereocenters. The third-order valence-corrected chi connectivity index (χ3v) is 4.01. The van der Waals surface area contributed by atoms with Gasteiger partial charge in [-0.05, 0) is 31.7 Å². The summed E-state index contributed by atoms with van der Waals surface area (Å²) >= 11 is 0. The molecule has 1 aromatic carbocycles. The largest absolute Gasteiger partial charge is 0.446 e. The highest BCUT2D eigenvalue weighted by molar-refractivity contribution is 5.95. The predicted octanol–water partition coefficient (Wildman–Crippen LogP) is 2.75. The molecular weight excluding hydrogens is 359 g/mol. The average Bonchev–Trinajstić information content (AvgIpc) is 2.55. The first-order chi connectivity index (χ1) is 12.1. The minimum absolute atomic E-state index is 0.344. The number of hydrogen-bond donors (Lipinski definition) is 2. The van der Waals surface area contributed by atoms with Crippen molar-refractivity contribution < 1.29 is 32.4 Å². The zero-order valence-corrected chi connectivity index (χ0v) is 13.4. The van der Waals surface area contributed by atoms with Crippen molar-refractivity contribution in [1.82, 2.24) is 5.32 Å². The fourth-order valence-electron chi connectivity index (χ4n) is 2.77. The molecule has 0 heterocycles. The third kappa shape index (κ3) is 5.07. The summed E-state index contributed by atoms with van der Waals surface area (Å²) in [6, 6.07) is 1.41. The molecule has 142 valence electrons. The van der Waals surface area contributed by atoms with Crippen LogP contribution < -0.4 is 11.1 Å². The summed E-state index contributed by atoms with van der Waals surface area (Å²) in [7, 11) is 0. The van der Waals surface area contributed by atoms with Crippen LogP contribution in [0.15, 0.2) is 18.2 Å². The molecule has 2 amide bonds. The summed E-state index contributed by atoms with van der Waals surface area (Å²) in [5.74, 6) is -0.835. The Morgan fingerprint density at radius 3 is 2.31 bits per heavy atom. The fourth-order valence-corrected chi connectivity index (χ4v) is 2.77. The minimum atomic E-state index is -4.81. The van der Waals surface area contributed by atoms with Gasteiger partial charge in [0.25, 0.3) is 11.6 Å². The second kappa shape index (κ2) is 7.58. The van der Waals surface area contributed by atoms with E-state index in [0.29, 0.717) is 37.8 Å². The third-order valence-electron chi connectivity index (χ3n) is 4.01. The standard InChI is InChI=1S/C15H16F3N3O5/c16-15(17,18)9-5-8(6-11(7-9)21(24)25)13(22)20-10-1-3-12(4-2-10)26-14(19)23/h5-7,10,12H,1-4H2,(H2,19,23)(H,20,22)/t10-,12-. The highest BCUT2D eigenvalue weighted by Crippen LogP contribution is 2.32. The van der Waals surface area contributed by atoms with Crippen molar-refractivity contribution in [3.63, 3.8) is 0 Å². The van der Waals surface area contributed by atoms with E-state index >= 15 is 0 Å². The number of non-ortho nitro benzene ring substituents is 1. The van der Waals surface area contributed by atoms with Gasteiger partial charge in [-0.25, -0.2) is 4.79 Å². The van der Waals surface area contributed by atoms with Gasteiger partial charge in [-0.1, -0.05) is 0 Å². The van der Waals surface area contributed by atoms with Crippen LogP contribution in [0, 0.1) is 10.1 Å². The fraction of sp³-hybridized carbons (Fsp3) is 0.467. The van der Waals surface area contributed by atoms with Crippen molar-refractivity contribution in [2.75, 3.05) is 0 Å². The van der Waals surface area contributed by atoms with Crippen molar-refractivity contribution >= 4 is 17.7 Å². The Kier molecular flexibility index (Phi) is 5.68. The van der Waals surface area contributed by atoms with Gasteiger partial charge in [0.2, 0.25) is 0 Å². The molecule has 1 aromatic rings. The quantitative estimate of drug-likeness (QED) is 0.618. The van der Waals surface area contributed by atoms with Crippen LogP contribution in [0.1, 0.15) is 41.6 Å². The molecule has 2 rings (SSSR count). The van der Waals surface area contributed by atoms with Gasteiger partial charge >= 0.3 is 12.3 Å². The Labute approximate surface area is 145 Å². The van der Waals surface area contributed by atoms with Crippen molar-refractivity contribution in [2.24, 2.45) is 5.73 Å². The number of nitrogens with two attached hydrogens (primary N) is 1. The smallest absolute Gasteiger partial charge is 0.416 e. The number of rotatable bonds is 4. The number of hydrogen-bond acceptors (Lipinski definition) is 5. The number of carbonyl (C=O) groups is 2. The number of nitro benzene ring substituents is 1. The van der Waals surface area contributed by atoms with Gasteiger partial charge < -0.3 is 15.8 Å². The molecular formula is C15H16F3N3O5. The van der Waals surface area contributed by atoms with E-state index in [1.54, 1.807) is 0 Å². The van der Waals surface area contributed by atoms with Crippen LogP contribution >= 0.6 is 0 Å². The number of halogens is 3. The molecule has 0 unspecified atom stereocenters. The molecule has 11 heteroatoms. The van der Waals surface area contributed by atoms with E-state index in [1.807, 2.05) is 0 Å². The lowest BCUT2D eigenvalue weighted by atomic mass is 9.92. The summed E-state index contributed by atoms with van der Waals surface area (Å²) in [6.07, 6.45) is -4.32. The minimum Gasteiger partial charge on any atom is -0.446 e. The molecule has 0 spiro atoms. The maximum Gasteiger partial charge on any atom is 0.416 e. The number of amides is 2. The van der Waals surface area contributed by atoms with Crippen LogP contribution in [0.4, 0.5) is 23.7 Å². The van der Waals surface area contributed by atoms with Gasteiger partial charge in [0.05, 0.1) is 10.5 Å². The van der Waals surface area contributed by atoms with Crippen molar-refractivity contribution in [3.05, 3.63) is 39.4 Å². The second-order valence-electron chi connectivity index (χ2n) is 5.91. The lowest BCUT2D eigenvalue weighted by Gasteiger charge is -2.28. The van der Waals surface area contributed by atoms with E-state index < -0.39 is 39.9 Å². The van der Waals surface area contributed by atoms with Crippen LogP contribution in [0.25, 0.3) is 0 Å². The van der Waals surface area contributed by atoms with Gasteiger partial charge in [-0.2, -0.15) is 13.2 Å². The van der Waals surface area contributed by atoms with E-state index in [1.165, 1.54) is 0 Å². The van der Waals surface area contributed by atoms with Gasteiger partial charge in [0.1, 0.15) is 6.10 Å². The summed E-state index contributed by atoms with van der Waals surface area (Å²) in [6.45, 7) is 0. The van der Waals surface area contributed by atoms with Crippen LogP contribution in [0.3, 0.4) is 0 Å². The van der Waals surface area contributed by atoms with E-state index in [-0.39, 0.29) is 12.1 Å². The number of nitrogens with one attached hydrogen (secondary N) is 1. The lowest BCUT2D eigenvalue weighted by Crippen LogP contribution is -2.40. The first-order valence-corrected chi connectivity index (χ1v) is 7.70. The summed E-state index contributed by atoms with van der Waals surface area (Å²) in [5, 5.41) is 13.4. The number of alkyl halides is 3. The van der Waals surface area contributed by atoms with Crippen LogP contribution in [-0.2, 0) is 10.9 Å². The zero-order valence-electron chi connectivity index (χ0n) is 13.4. The van der Waals surface area contributed by atoms with E-state index in [9.17, 15) is 32.9 Å². The molecule has 1 fully saturated rings. The molecule has 26 heavy (non-hydrogen) atoms. The highest BCUT2D eigenvalue weighted by atomic mass is 19.4. The molecule has 0 saturated heterocycles. The number of benzene rings is 1. The predicted molar refractivity (Wildman–Crippen MR) is 82.3 cm³/mol. The summed E-state index contributed by atoms with van der Waals surface area (Å²) in [4.78, 5) is 32.8. The van der Waals surface area contributed by atoms with Crippen LogP contribution in [-0.4, -0.2) is 29.1 Å². The maximum absolute atomic E-state index is 12.9. The Morgan fingerprint density at radius 1 is 1.19 bits per heavy atom. The molecule has 0 bridgehead atoms. The molecule has 3 N–H and O–H groups in total. The Balaban J connectivity index is 2.09. The first-order valence-electron chi connectivity index (χ1n) is 7.70. The molecule has 1 aliphatic carbocycles. The van der Waals surface area contributed by atoms with Crippen LogP contribution in [0.2, 0.25) is 0 Å². The number of nitrogens with zero attached hydrogens (tertiary/aromatic N) is 1. The van der Waals surface area contributed by atoms with Crippen molar-refractivity contribution in [1.29, 1.82) is 0 Å². The Morgan fingerprint density at radius 2 is 1.81 bits per heavy atom. The zero-order chi connectivity index (χ0) is 19.5. The van der Waals surface area contributed by atoms with Crippen LogP contribution in [0.5, 0.6) is 0 Å². The normalized spacial score (nSPS) is 20.3. The van der Waals surface area contributed by atoms with E-state index in [4.69, 9.17) is 10.5 Å². The van der Waals surface area contributed by atoms with Crippen molar-refractivity contribution in [3.8, 4) is 0 Å². The van der Waals surface area contributed by atoms with Gasteiger partial charge in [-0.15, -0.1) is 0 Å². The maximum atomic E-state index is 12.9. The lowest BCUT2D eigenvalue weighted by molar-refractivity contribution is -0.385. The number of primary amides is 1. The second-order valence-corrected chi connectivity index (χ2v) is 5.91. The molecule has 0 radical (unpaired) electrons. The van der Waals surface area contributed by atoms with Gasteiger partial charge in [0.15, 0.2) is 0 Å². The number of nitro groups is 1. The van der Waals surface area contributed by atoms with Crippen molar-refractivity contribution in [2.45, 2.75) is 44.0 Å². The SMILES string of the molecule is NC(=O)O[C@H]1CC[C@H](NC(=O)c2cc([N+](=O)[O-])cc(C(F)(F)F)c2)CC1. The molecule has 8 nitrogen and oxygen atoms in total. The highest BCUT2D eigenvalue weighted by Gasteiger charge is 2.34. The Bertz CT molecular complexity index is 715. The Hall–Kier alpha value is -2.85. The molecule has 1 saturated carbocycles. The number of carbonyl (C=O) groups excluding carboxylic acids is 2. The van der Waals surface area contributed by atoms with E-state index in [2.05, 4.69) is 5.32 Å². The van der Waals surface area contributed by atoms with E-state index in [0.717, 1.165) is 6.07 Å². The number of ether oxygens (including phenoxy) is 1. The topological polar surface area (TPSA) is 125 Å². The average molecular weight is 375 g/mol.